The van der Waals surface area contributed by atoms with E-state index in [4.69, 9.17) is 9.84 Å². The van der Waals surface area contributed by atoms with E-state index in [1.54, 1.807) is 0 Å². The third-order valence-corrected chi connectivity index (χ3v) is 3.60. The number of benzene rings is 1. The van der Waals surface area contributed by atoms with E-state index in [0.717, 1.165) is 12.0 Å². The normalized spacial score (nSPS) is 13.1. The van der Waals surface area contributed by atoms with Crippen molar-refractivity contribution in [3.05, 3.63) is 48.0 Å². The molecule has 0 radical (unpaired) electrons. The highest BCUT2D eigenvalue weighted by molar-refractivity contribution is 5.84. The number of aryl methyl sites for hydroxylation is 1. The van der Waals surface area contributed by atoms with Gasteiger partial charge in [0.25, 0.3) is 0 Å². The Morgan fingerprint density at radius 3 is 2.52 bits per heavy atom. The van der Waals surface area contributed by atoms with Crippen LogP contribution in [0.5, 0.6) is 0 Å². The van der Waals surface area contributed by atoms with Crippen molar-refractivity contribution < 1.29 is 19.4 Å². The minimum Gasteiger partial charge on any atom is -0.480 e. The van der Waals surface area contributed by atoms with Gasteiger partial charge in [0.05, 0.1) is 13.2 Å². The number of ether oxygens (including phenoxy) is 1. The van der Waals surface area contributed by atoms with E-state index in [2.05, 4.69) is 18.8 Å². The average molecular weight is 319 g/mol. The molecule has 1 rings (SSSR count). The zero-order chi connectivity index (χ0) is 17.2. The molecule has 5 heteroatoms. The summed E-state index contributed by atoms with van der Waals surface area (Å²) in [5.74, 6) is -1.39. The van der Waals surface area contributed by atoms with Crippen LogP contribution in [0.1, 0.15) is 37.3 Å². The average Bonchev–Trinajstić information content (AvgIpc) is 2.54. The number of nitrogens with one attached hydrogen (secondary N) is 1. The maximum absolute atomic E-state index is 12.0. The van der Waals surface area contributed by atoms with Gasteiger partial charge in [0, 0.05) is 6.42 Å². The van der Waals surface area contributed by atoms with E-state index in [1.807, 2.05) is 31.2 Å². The van der Waals surface area contributed by atoms with Crippen LogP contribution in [-0.4, -0.2) is 36.2 Å². The van der Waals surface area contributed by atoms with Gasteiger partial charge in [-0.2, -0.15) is 0 Å². The Morgan fingerprint density at radius 2 is 2.00 bits per heavy atom. The molecule has 126 valence electrons. The number of carboxylic acids is 1. The molecular formula is C18H25NO4. The second-order valence-corrected chi connectivity index (χ2v) is 5.48. The van der Waals surface area contributed by atoms with Gasteiger partial charge in [0.1, 0.15) is 0 Å². The van der Waals surface area contributed by atoms with E-state index >= 15 is 0 Å². The monoisotopic (exact) mass is 319 g/mol. The molecule has 2 unspecified atom stereocenters. The van der Waals surface area contributed by atoms with Gasteiger partial charge >= 0.3 is 5.97 Å². The highest BCUT2D eigenvalue weighted by atomic mass is 16.5. The van der Waals surface area contributed by atoms with Gasteiger partial charge in [-0.1, -0.05) is 44.2 Å². The maximum Gasteiger partial charge on any atom is 0.328 e. The van der Waals surface area contributed by atoms with Crippen molar-refractivity contribution in [1.29, 1.82) is 0 Å². The molecule has 0 bridgehead atoms. The summed E-state index contributed by atoms with van der Waals surface area (Å²) in [6.07, 6.45) is 2.74. The number of hydrogen-bond acceptors (Lipinski definition) is 3. The predicted octanol–water partition coefficient (Wildman–Crippen LogP) is 2.51. The van der Waals surface area contributed by atoms with Crippen LogP contribution >= 0.6 is 0 Å². The van der Waals surface area contributed by atoms with Crippen molar-refractivity contribution in [3.63, 3.8) is 0 Å². The first-order chi connectivity index (χ1) is 11.0. The molecule has 0 spiro atoms. The minimum absolute atomic E-state index is 0.0180. The van der Waals surface area contributed by atoms with Crippen molar-refractivity contribution >= 4 is 11.9 Å². The topological polar surface area (TPSA) is 75.6 Å². The third-order valence-electron chi connectivity index (χ3n) is 3.60. The lowest BCUT2D eigenvalue weighted by atomic mass is 9.96. The van der Waals surface area contributed by atoms with Crippen molar-refractivity contribution in [2.24, 2.45) is 0 Å². The number of aliphatic carboxylic acids is 1. The molecule has 0 heterocycles. The Kier molecular flexibility index (Phi) is 8.05. The summed E-state index contributed by atoms with van der Waals surface area (Å²) in [6.45, 7) is 7.70. The van der Waals surface area contributed by atoms with Crippen LogP contribution in [0.4, 0.5) is 0 Å². The molecule has 1 aromatic rings. The summed E-state index contributed by atoms with van der Waals surface area (Å²) in [5.41, 5.74) is 2.31. The summed E-state index contributed by atoms with van der Waals surface area (Å²) < 4.78 is 5.11. The summed E-state index contributed by atoms with van der Waals surface area (Å²) >= 11 is 0. The fourth-order valence-electron chi connectivity index (χ4n) is 2.17. The van der Waals surface area contributed by atoms with Gasteiger partial charge in [0.2, 0.25) is 5.91 Å². The molecule has 23 heavy (non-hydrogen) atoms. The number of hydrogen-bond donors (Lipinski definition) is 2. The van der Waals surface area contributed by atoms with Crippen molar-refractivity contribution in [1.82, 2.24) is 5.32 Å². The molecule has 0 aliphatic carbocycles. The van der Waals surface area contributed by atoms with Crippen LogP contribution in [0, 0.1) is 0 Å². The Labute approximate surface area is 137 Å². The number of carbonyl (C=O) groups is 2. The summed E-state index contributed by atoms with van der Waals surface area (Å²) in [4.78, 5) is 23.2. The fraction of sp³-hybridized carbons (Fsp3) is 0.444. The summed E-state index contributed by atoms with van der Waals surface area (Å²) in [7, 11) is 0. The first-order valence-electron chi connectivity index (χ1n) is 7.77. The van der Waals surface area contributed by atoms with Crippen LogP contribution in [0.25, 0.3) is 0 Å². The van der Waals surface area contributed by atoms with Gasteiger partial charge in [-0.05, 0) is 23.5 Å². The Hall–Kier alpha value is -2.14. The molecule has 0 aromatic heterocycles. The van der Waals surface area contributed by atoms with Gasteiger partial charge in [-0.15, -0.1) is 6.58 Å². The smallest absolute Gasteiger partial charge is 0.328 e. The Morgan fingerprint density at radius 1 is 1.35 bits per heavy atom. The van der Waals surface area contributed by atoms with Crippen molar-refractivity contribution in [2.75, 3.05) is 13.2 Å². The Bertz CT molecular complexity index is 524. The number of amides is 1. The number of carbonyl (C=O) groups excluding carboxylic acids is 1. The standard InChI is InChI=1S/C18H25NO4/c1-4-10-23-12-16(18(21)22)19-17(20)11-13(3)15-8-6-14(5-2)7-9-15/h4,6-9,13,16H,1,5,10-12H2,2-3H3,(H,19,20)(H,21,22). The fourth-order valence-corrected chi connectivity index (χ4v) is 2.17. The van der Waals surface area contributed by atoms with Crippen LogP contribution in [0.3, 0.4) is 0 Å². The van der Waals surface area contributed by atoms with Gasteiger partial charge in [-0.25, -0.2) is 4.79 Å². The quantitative estimate of drug-likeness (QED) is 0.513. The van der Waals surface area contributed by atoms with Crippen molar-refractivity contribution in [3.8, 4) is 0 Å². The van der Waals surface area contributed by atoms with E-state index in [9.17, 15) is 9.59 Å². The van der Waals surface area contributed by atoms with Crippen LogP contribution in [0.2, 0.25) is 0 Å². The molecule has 0 saturated carbocycles. The maximum atomic E-state index is 12.0. The molecule has 2 atom stereocenters. The minimum atomic E-state index is -1.11. The first kappa shape index (κ1) is 18.9. The lowest BCUT2D eigenvalue weighted by Gasteiger charge is -2.17. The van der Waals surface area contributed by atoms with Crippen molar-refractivity contribution in [2.45, 2.75) is 38.6 Å². The van der Waals surface area contributed by atoms with E-state index in [0.29, 0.717) is 0 Å². The van der Waals surface area contributed by atoms with Gasteiger partial charge in [0.15, 0.2) is 6.04 Å². The predicted molar refractivity (Wildman–Crippen MR) is 89.4 cm³/mol. The lowest BCUT2D eigenvalue weighted by molar-refractivity contribution is -0.143. The van der Waals surface area contributed by atoms with Gasteiger partial charge in [-0.3, -0.25) is 4.79 Å². The SMILES string of the molecule is C=CCOCC(NC(=O)CC(C)c1ccc(CC)cc1)C(=O)O. The number of carboxylic acid groups (broad SMARTS) is 1. The van der Waals surface area contributed by atoms with Crippen LogP contribution in [0.15, 0.2) is 36.9 Å². The van der Waals surface area contributed by atoms with E-state index in [1.165, 1.54) is 11.6 Å². The summed E-state index contributed by atoms with van der Waals surface area (Å²) in [5, 5.41) is 11.6. The zero-order valence-electron chi connectivity index (χ0n) is 13.7. The molecule has 0 saturated heterocycles. The first-order valence-corrected chi connectivity index (χ1v) is 7.77. The second-order valence-electron chi connectivity index (χ2n) is 5.48. The van der Waals surface area contributed by atoms with E-state index in [-0.39, 0.29) is 31.5 Å². The molecule has 2 N–H and O–H groups in total. The molecule has 0 aliphatic heterocycles. The zero-order valence-corrected chi connectivity index (χ0v) is 13.7. The van der Waals surface area contributed by atoms with Gasteiger partial charge < -0.3 is 15.2 Å². The lowest BCUT2D eigenvalue weighted by Crippen LogP contribution is -2.44. The third kappa shape index (κ3) is 6.65. The van der Waals surface area contributed by atoms with Crippen LogP contribution < -0.4 is 5.32 Å². The largest absolute Gasteiger partial charge is 0.480 e. The molecular weight excluding hydrogens is 294 g/mol. The highest BCUT2D eigenvalue weighted by Crippen LogP contribution is 2.19. The molecule has 1 amide bonds. The van der Waals surface area contributed by atoms with E-state index < -0.39 is 12.0 Å². The Balaban J connectivity index is 2.54. The summed E-state index contributed by atoms with van der Waals surface area (Å²) in [6, 6.07) is 7.08. The highest BCUT2D eigenvalue weighted by Gasteiger charge is 2.21. The molecule has 0 fully saturated rings. The second kappa shape index (κ2) is 9.79. The number of rotatable bonds is 10. The molecule has 5 nitrogen and oxygen atoms in total. The van der Waals surface area contributed by atoms with Crippen LogP contribution in [-0.2, 0) is 20.7 Å². The molecule has 1 aromatic carbocycles. The molecule has 0 aliphatic rings.